The summed E-state index contributed by atoms with van der Waals surface area (Å²) >= 11 is 0. The third-order valence-electron chi connectivity index (χ3n) is 4.43. The molecule has 0 atom stereocenters. The zero-order chi connectivity index (χ0) is 17.4. The second kappa shape index (κ2) is 6.05. The highest BCUT2D eigenvalue weighted by atomic mass is 16.1. The summed E-state index contributed by atoms with van der Waals surface area (Å²) < 4.78 is 3.59. The van der Waals surface area contributed by atoms with Crippen LogP contribution in [0.3, 0.4) is 0 Å². The minimum Gasteiger partial charge on any atom is -0.360 e. The van der Waals surface area contributed by atoms with Crippen LogP contribution in [0.1, 0.15) is 12.6 Å². The van der Waals surface area contributed by atoms with Crippen LogP contribution >= 0.6 is 0 Å². The first-order valence-corrected chi connectivity index (χ1v) is 8.33. The fourth-order valence-electron chi connectivity index (χ4n) is 3.21. The maximum atomic E-state index is 12.7. The van der Waals surface area contributed by atoms with E-state index in [1.54, 1.807) is 4.57 Å². The van der Waals surface area contributed by atoms with Crippen molar-refractivity contribution < 1.29 is 0 Å². The molecule has 0 radical (unpaired) electrons. The second-order valence-corrected chi connectivity index (χ2v) is 5.94. The molecule has 4 rings (SSSR count). The number of benzene rings is 2. The number of hydrogen-bond acceptors (Lipinski definition) is 4. The van der Waals surface area contributed by atoms with Crippen molar-refractivity contribution in [1.29, 1.82) is 0 Å². The molecule has 4 aromatic rings. The van der Waals surface area contributed by atoms with Crippen LogP contribution in [0.5, 0.6) is 0 Å². The Morgan fingerprint density at radius 3 is 2.56 bits per heavy atom. The molecular formula is C19H19N5O. The topological polar surface area (TPSA) is 64.7 Å². The van der Waals surface area contributed by atoms with Gasteiger partial charge in [0, 0.05) is 19.0 Å². The highest BCUT2D eigenvalue weighted by Gasteiger charge is 2.12. The molecule has 0 aliphatic heterocycles. The van der Waals surface area contributed by atoms with Crippen molar-refractivity contribution in [2.45, 2.75) is 20.0 Å². The molecule has 126 valence electrons. The molecule has 0 saturated heterocycles. The Kier molecular flexibility index (Phi) is 3.72. The van der Waals surface area contributed by atoms with E-state index in [9.17, 15) is 4.79 Å². The summed E-state index contributed by atoms with van der Waals surface area (Å²) in [5, 5.41) is 8.82. The van der Waals surface area contributed by atoms with E-state index >= 15 is 0 Å². The monoisotopic (exact) mass is 333 g/mol. The number of aryl methyl sites for hydroxylation is 2. The molecule has 0 bridgehead atoms. The van der Waals surface area contributed by atoms with Crippen molar-refractivity contribution in [2.24, 2.45) is 7.05 Å². The molecule has 2 aromatic heterocycles. The van der Waals surface area contributed by atoms with Crippen LogP contribution in [0.15, 0.2) is 53.3 Å². The van der Waals surface area contributed by atoms with Gasteiger partial charge in [-0.05, 0) is 25.1 Å². The first-order valence-electron chi connectivity index (χ1n) is 8.33. The molecule has 25 heavy (non-hydrogen) atoms. The van der Waals surface area contributed by atoms with Crippen LogP contribution in [0, 0.1) is 0 Å². The van der Waals surface area contributed by atoms with Gasteiger partial charge in [0.05, 0.1) is 28.8 Å². The summed E-state index contributed by atoms with van der Waals surface area (Å²) in [6.45, 7) is 3.01. The molecule has 0 unspecified atom stereocenters. The molecule has 2 aromatic carbocycles. The van der Waals surface area contributed by atoms with E-state index in [0.717, 1.165) is 27.6 Å². The van der Waals surface area contributed by atoms with Crippen molar-refractivity contribution in [1.82, 2.24) is 19.3 Å². The lowest BCUT2D eigenvalue weighted by atomic mass is 10.2. The number of nitrogens with zero attached hydrogens (tertiary/aromatic N) is 4. The largest absolute Gasteiger partial charge is 0.360 e. The van der Waals surface area contributed by atoms with E-state index in [2.05, 4.69) is 15.4 Å². The van der Waals surface area contributed by atoms with Crippen LogP contribution in [0.4, 0.5) is 5.82 Å². The number of nitrogens with one attached hydrogen (secondary N) is 1. The molecule has 0 amide bonds. The summed E-state index contributed by atoms with van der Waals surface area (Å²) in [6, 6.07) is 15.7. The van der Waals surface area contributed by atoms with Gasteiger partial charge in [0.2, 0.25) is 0 Å². The van der Waals surface area contributed by atoms with E-state index in [4.69, 9.17) is 0 Å². The van der Waals surface area contributed by atoms with Crippen LogP contribution in [0.2, 0.25) is 0 Å². The molecule has 2 heterocycles. The van der Waals surface area contributed by atoms with Gasteiger partial charge < -0.3 is 9.88 Å². The number of rotatable bonds is 4. The Labute approximate surface area is 144 Å². The van der Waals surface area contributed by atoms with Crippen LogP contribution in [0.25, 0.3) is 21.9 Å². The predicted molar refractivity (Wildman–Crippen MR) is 99.7 cm³/mol. The average Bonchev–Trinajstić information content (AvgIpc) is 2.96. The fraction of sp³-hybridized carbons (Fsp3) is 0.211. The molecule has 6 heteroatoms. The molecular weight excluding hydrogens is 314 g/mol. The smallest absolute Gasteiger partial charge is 0.293 e. The van der Waals surface area contributed by atoms with E-state index in [0.29, 0.717) is 18.9 Å². The first kappa shape index (κ1) is 15.4. The maximum absolute atomic E-state index is 12.7. The first-order chi connectivity index (χ1) is 12.2. The number of anilines is 1. The molecule has 0 aliphatic carbocycles. The number of hydrogen-bond donors (Lipinski definition) is 1. The second-order valence-electron chi connectivity index (χ2n) is 5.94. The van der Waals surface area contributed by atoms with E-state index in [1.807, 2.05) is 67.2 Å². The minimum atomic E-state index is -0.110. The molecule has 6 nitrogen and oxygen atoms in total. The van der Waals surface area contributed by atoms with Crippen molar-refractivity contribution in [2.75, 3.05) is 5.32 Å². The lowest BCUT2D eigenvalue weighted by Gasteiger charge is -2.11. The van der Waals surface area contributed by atoms with E-state index < -0.39 is 0 Å². The Morgan fingerprint density at radius 1 is 1.04 bits per heavy atom. The van der Waals surface area contributed by atoms with Crippen molar-refractivity contribution in [3.8, 4) is 0 Å². The number of fused-ring (bicyclic) bond motifs is 2. The van der Waals surface area contributed by atoms with Gasteiger partial charge in [0.15, 0.2) is 5.82 Å². The molecule has 0 aliphatic rings. The summed E-state index contributed by atoms with van der Waals surface area (Å²) in [6.07, 6.45) is 0. The van der Waals surface area contributed by atoms with Gasteiger partial charge in [-0.25, -0.2) is 4.98 Å². The highest BCUT2D eigenvalue weighted by Crippen LogP contribution is 2.18. The van der Waals surface area contributed by atoms with Gasteiger partial charge in [-0.15, -0.1) is 0 Å². The summed E-state index contributed by atoms with van der Waals surface area (Å²) in [5.74, 6) is 0.357. The van der Waals surface area contributed by atoms with Crippen molar-refractivity contribution in [3.63, 3.8) is 0 Å². The zero-order valence-electron chi connectivity index (χ0n) is 14.2. The Balaban J connectivity index is 1.73. The molecule has 0 saturated carbocycles. The van der Waals surface area contributed by atoms with Crippen LogP contribution in [-0.4, -0.2) is 19.3 Å². The van der Waals surface area contributed by atoms with Crippen LogP contribution < -0.4 is 10.9 Å². The standard InChI is InChI=1S/C19H19N5O/c1-3-24-17-11-7-5-9-14(17)21-18(19(24)25)20-12-15-13-8-4-6-10-16(13)23(2)22-15/h4-11H,3,12H2,1-2H3,(H,20,21). The highest BCUT2D eigenvalue weighted by molar-refractivity contribution is 5.82. The van der Waals surface area contributed by atoms with Gasteiger partial charge in [-0.1, -0.05) is 30.3 Å². The van der Waals surface area contributed by atoms with Gasteiger partial charge in [-0.3, -0.25) is 9.48 Å². The van der Waals surface area contributed by atoms with E-state index in [1.165, 1.54) is 0 Å². The summed E-state index contributed by atoms with van der Waals surface area (Å²) in [7, 11) is 1.92. The summed E-state index contributed by atoms with van der Waals surface area (Å²) in [5.41, 5.74) is 3.51. The van der Waals surface area contributed by atoms with Crippen LogP contribution in [-0.2, 0) is 20.1 Å². The quantitative estimate of drug-likeness (QED) is 0.624. The van der Waals surface area contributed by atoms with Crippen molar-refractivity contribution in [3.05, 3.63) is 64.6 Å². The average molecular weight is 333 g/mol. The zero-order valence-corrected chi connectivity index (χ0v) is 14.2. The predicted octanol–water partition coefficient (Wildman–Crippen LogP) is 2.92. The minimum absolute atomic E-state index is 0.110. The van der Waals surface area contributed by atoms with Gasteiger partial charge in [0.25, 0.3) is 5.56 Å². The Morgan fingerprint density at radius 2 is 1.76 bits per heavy atom. The third-order valence-corrected chi connectivity index (χ3v) is 4.43. The maximum Gasteiger partial charge on any atom is 0.293 e. The molecule has 0 spiro atoms. The Bertz CT molecular complexity index is 1130. The van der Waals surface area contributed by atoms with Gasteiger partial charge in [-0.2, -0.15) is 5.10 Å². The third kappa shape index (κ3) is 2.55. The van der Waals surface area contributed by atoms with Gasteiger partial charge in [0.1, 0.15) is 0 Å². The lowest BCUT2D eigenvalue weighted by molar-refractivity contribution is 0.750. The number of para-hydroxylation sites is 3. The van der Waals surface area contributed by atoms with Crippen molar-refractivity contribution >= 4 is 27.8 Å². The van der Waals surface area contributed by atoms with E-state index in [-0.39, 0.29) is 5.56 Å². The van der Waals surface area contributed by atoms with Gasteiger partial charge >= 0.3 is 0 Å². The lowest BCUT2D eigenvalue weighted by Crippen LogP contribution is -2.25. The Hall–Kier alpha value is -3.15. The normalized spacial score (nSPS) is 11.3. The molecule has 1 N–H and O–H groups in total. The number of aromatic nitrogens is 4. The molecule has 0 fully saturated rings. The SMILES string of the molecule is CCn1c(=O)c(NCc2nn(C)c3ccccc23)nc2ccccc21. The fourth-order valence-corrected chi connectivity index (χ4v) is 3.21. The summed E-state index contributed by atoms with van der Waals surface area (Å²) in [4.78, 5) is 17.2.